The van der Waals surface area contributed by atoms with Crippen LogP contribution in [-0.4, -0.2) is 19.9 Å². The van der Waals surface area contributed by atoms with E-state index in [0.717, 1.165) is 11.9 Å². The van der Waals surface area contributed by atoms with Crippen LogP contribution in [-0.2, 0) is 6.54 Å². The molecular formula is C10H10N6O2. The summed E-state index contributed by atoms with van der Waals surface area (Å²) in [7, 11) is 0. The second-order valence-corrected chi connectivity index (χ2v) is 3.39. The molecule has 0 bridgehead atoms. The summed E-state index contributed by atoms with van der Waals surface area (Å²) in [5.41, 5.74) is 5.91. The van der Waals surface area contributed by atoms with Crippen molar-refractivity contribution in [3.05, 3.63) is 46.4 Å². The normalized spacial score (nSPS) is 10.0. The van der Waals surface area contributed by atoms with Gasteiger partial charge in [-0.3, -0.25) is 15.1 Å². The summed E-state index contributed by atoms with van der Waals surface area (Å²) in [5.74, 6) is 0.0577. The number of rotatable bonds is 4. The Bertz CT molecular complexity index is 560. The first-order chi connectivity index (χ1) is 8.66. The molecular weight excluding hydrogens is 236 g/mol. The lowest BCUT2D eigenvalue weighted by Gasteiger charge is -2.05. The molecule has 0 saturated heterocycles. The molecule has 0 saturated carbocycles. The molecule has 0 radical (unpaired) electrons. The molecule has 0 spiro atoms. The highest BCUT2D eigenvalue weighted by molar-refractivity contribution is 5.56. The summed E-state index contributed by atoms with van der Waals surface area (Å²) in [6.07, 6.45) is 2.71. The Hall–Kier alpha value is -2.77. The third-order valence-electron chi connectivity index (χ3n) is 2.15. The van der Waals surface area contributed by atoms with Gasteiger partial charge in [-0.1, -0.05) is 6.07 Å². The highest BCUT2D eigenvalue weighted by Gasteiger charge is 2.16. The summed E-state index contributed by atoms with van der Waals surface area (Å²) in [5, 5.41) is 13.6. The second kappa shape index (κ2) is 5.04. The van der Waals surface area contributed by atoms with E-state index in [9.17, 15) is 10.1 Å². The van der Waals surface area contributed by atoms with Crippen LogP contribution in [0.2, 0.25) is 0 Å². The number of anilines is 2. The van der Waals surface area contributed by atoms with Gasteiger partial charge in [0.2, 0.25) is 11.8 Å². The molecule has 2 aromatic rings. The number of nitrogens with zero attached hydrogens (tertiary/aromatic N) is 4. The maximum atomic E-state index is 10.8. The highest BCUT2D eigenvalue weighted by Crippen LogP contribution is 2.21. The van der Waals surface area contributed by atoms with Crippen LogP contribution in [0.15, 0.2) is 30.6 Å². The van der Waals surface area contributed by atoms with Gasteiger partial charge in [-0.15, -0.1) is 0 Å². The van der Waals surface area contributed by atoms with Crippen LogP contribution in [0.5, 0.6) is 0 Å². The smallest absolute Gasteiger partial charge is 0.329 e. The fraction of sp³-hybridized carbons (Fsp3) is 0.100. The van der Waals surface area contributed by atoms with Crippen LogP contribution in [0.3, 0.4) is 0 Å². The van der Waals surface area contributed by atoms with E-state index in [4.69, 9.17) is 5.73 Å². The van der Waals surface area contributed by atoms with Crippen LogP contribution < -0.4 is 11.1 Å². The minimum absolute atomic E-state index is 0.0240. The van der Waals surface area contributed by atoms with Gasteiger partial charge in [-0.25, -0.2) is 4.98 Å². The fourth-order valence-corrected chi connectivity index (χ4v) is 1.33. The van der Waals surface area contributed by atoms with Crippen molar-refractivity contribution in [1.29, 1.82) is 0 Å². The first-order valence-electron chi connectivity index (χ1n) is 5.07. The Morgan fingerprint density at radius 1 is 1.39 bits per heavy atom. The van der Waals surface area contributed by atoms with Gasteiger partial charge in [0.05, 0.1) is 17.2 Å². The van der Waals surface area contributed by atoms with E-state index in [-0.39, 0.29) is 17.5 Å². The Balaban J connectivity index is 2.18. The summed E-state index contributed by atoms with van der Waals surface area (Å²) in [6.45, 7) is 0.318. The number of hydrogen-bond donors (Lipinski definition) is 2. The van der Waals surface area contributed by atoms with Crippen LogP contribution in [0.25, 0.3) is 0 Å². The van der Waals surface area contributed by atoms with Crippen molar-refractivity contribution in [3.63, 3.8) is 0 Å². The van der Waals surface area contributed by atoms with Gasteiger partial charge in [0.15, 0.2) is 0 Å². The molecule has 0 fully saturated rings. The van der Waals surface area contributed by atoms with Crippen LogP contribution in [0.4, 0.5) is 17.5 Å². The van der Waals surface area contributed by atoms with Crippen LogP contribution >= 0.6 is 0 Å². The maximum absolute atomic E-state index is 10.8. The van der Waals surface area contributed by atoms with Crippen molar-refractivity contribution in [1.82, 2.24) is 15.0 Å². The number of nitrogens with one attached hydrogen (secondary N) is 1. The Labute approximate surface area is 102 Å². The van der Waals surface area contributed by atoms with E-state index in [2.05, 4.69) is 20.3 Å². The zero-order chi connectivity index (χ0) is 13.0. The summed E-state index contributed by atoms with van der Waals surface area (Å²) in [4.78, 5) is 21.7. The average Bonchev–Trinajstić information content (AvgIpc) is 2.37. The lowest BCUT2D eigenvalue weighted by atomic mass is 10.3. The molecule has 0 atom stereocenters. The largest absolute Gasteiger partial charge is 0.368 e. The fourth-order valence-electron chi connectivity index (χ4n) is 1.33. The van der Waals surface area contributed by atoms with E-state index in [1.807, 2.05) is 6.07 Å². The van der Waals surface area contributed by atoms with Crippen molar-refractivity contribution in [2.75, 3.05) is 11.1 Å². The molecule has 3 N–H and O–H groups in total. The van der Waals surface area contributed by atoms with E-state index in [1.54, 1.807) is 18.3 Å². The van der Waals surface area contributed by atoms with Gasteiger partial charge >= 0.3 is 5.69 Å². The van der Waals surface area contributed by atoms with E-state index in [1.165, 1.54) is 0 Å². The Kier molecular flexibility index (Phi) is 3.28. The lowest BCUT2D eigenvalue weighted by Crippen LogP contribution is -2.08. The Morgan fingerprint density at radius 2 is 2.22 bits per heavy atom. The number of aromatic nitrogens is 3. The van der Waals surface area contributed by atoms with Gasteiger partial charge in [0.25, 0.3) is 0 Å². The van der Waals surface area contributed by atoms with Gasteiger partial charge in [0.1, 0.15) is 6.20 Å². The molecule has 0 amide bonds. The monoisotopic (exact) mass is 246 g/mol. The third-order valence-corrected chi connectivity index (χ3v) is 2.15. The summed E-state index contributed by atoms with van der Waals surface area (Å²) >= 11 is 0. The topological polar surface area (TPSA) is 120 Å². The molecule has 92 valence electrons. The van der Waals surface area contributed by atoms with Gasteiger partial charge < -0.3 is 11.1 Å². The van der Waals surface area contributed by atoms with Crippen molar-refractivity contribution < 1.29 is 4.92 Å². The number of nitrogen functional groups attached to an aromatic ring is 1. The number of nitro groups is 1. The van der Waals surface area contributed by atoms with Crippen molar-refractivity contribution >= 4 is 17.5 Å². The van der Waals surface area contributed by atoms with Crippen LogP contribution in [0.1, 0.15) is 5.69 Å². The van der Waals surface area contributed by atoms with E-state index >= 15 is 0 Å². The zero-order valence-electron chi connectivity index (χ0n) is 9.28. The molecule has 0 aliphatic carbocycles. The molecule has 2 aromatic heterocycles. The Morgan fingerprint density at radius 3 is 2.89 bits per heavy atom. The van der Waals surface area contributed by atoms with E-state index < -0.39 is 4.92 Å². The quantitative estimate of drug-likeness (QED) is 0.609. The van der Waals surface area contributed by atoms with Crippen molar-refractivity contribution in [2.24, 2.45) is 0 Å². The number of nitrogens with two attached hydrogens (primary N) is 1. The molecule has 0 aromatic carbocycles. The van der Waals surface area contributed by atoms with Crippen molar-refractivity contribution in [2.45, 2.75) is 6.54 Å². The number of hydrogen-bond acceptors (Lipinski definition) is 7. The molecule has 2 heterocycles. The predicted octanol–water partition coefficient (Wildman–Crippen LogP) is 0.974. The summed E-state index contributed by atoms with van der Waals surface area (Å²) in [6, 6.07) is 5.41. The third kappa shape index (κ3) is 2.67. The SMILES string of the molecule is Nc1ncc([N+](=O)[O-])c(NCc2ccccn2)n1. The molecule has 8 nitrogen and oxygen atoms in total. The molecule has 0 aliphatic heterocycles. The van der Waals surface area contributed by atoms with Crippen LogP contribution in [0, 0.1) is 10.1 Å². The molecule has 8 heteroatoms. The average molecular weight is 246 g/mol. The van der Waals surface area contributed by atoms with Crippen molar-refractivity contribution in [3.8, 4) is 0 Å². The predicted molar refractivity (Wildman–Crippen MR) is 64.7 cm³/mol. The molecule has 2 rings (SSSR count). The summed E-state index contributed by atoms with van der Waals surface area (Å²) < 4.78 is 0. The maximum Gasteiger partial charge on any atom is 0.329 e. The molecule has 0 unspecified atom stereocenters. The zero-order valence-corrected chi connectivity index (χ0v) is 9.28. The second-order valence-electron chi connectivity index (χ2n) is 3.39. The van der Waals surface area contributed by atoms with Gasteiger partial charge in [0, 0.05) is 6.20 Å². The van der Waals surface area contributed by atoms with Gasteiger partial charge in [-0.05, 0) is 12.1 Å². The standard InChI is InChI=1S/C10H10N6O2/c11-10-14-6-8(16(17)18)9(15-10)13-5-7-3-1-2-4-12-7/h1-4,6H,5H2,(H3,11,13,14,15). The molecule has 0 aliphatic rings. The minimum Gasteiger partial charge on any atom is -0.368 e. The molecule has 18 heavy (non-hydrogen) atoms. The first-order valence-corrected chi connectivity index (χ1v) is 5.07. The number of pyridine rings is 1. The first kappa shape index (κ1) is 11.7. The van der Waals surface area contributed by atoms with Gasteiger partial charge in [-0.2, -0.15) is 4.98 Å². The lowest BCUT2D eigenvalue weighted by molar-refractivity contribution is -0.384. The van der Waals surface area contributed by atoms with E-state index in [0.29, 0.717) is 6.54 Å². The highest BCUT2D eigenvalue weighted by atomic mass is 16.6. The minimum atomic E-state index is -0.569.